The number of hydrogen-bond acceptors (Lipinski definition) is 3. The Hall–Kier alpha value is -1.19. The predicted octanol–water partition coefficient (Wildman–Crippen LogP) is 4.43. The molecule has 0 fully saturated rings. The number of hydrogen-bond donors (Lipinski definition) is 0. The van der Waals surface area contributed by atoms with Crippen molar-refractivity contribution in [2.45, 2.75) is 20.3 Å². The maximum atomic E-state index is 6.44. The minimum absolute atomic E-state index is 0.460. The molecule has 0 N–H and O–H groups in total. The van der Waals surface area contributed by atoms with E-state index in [-0.39, 0.29) is 0 Å². The lowest BCUT2D eigenvalue weighted by Crippen LogP contribution is -1.99. The van der Waals surface area contributed by atoms with Gasteiger partial charge in [-0.05, 0) is 18.9 Å². The van der Waals surface area contributed by atoms with Crippen LogP contribution in [0.4, 0.5) is 0 Å². The molecule has 1 heterocycles. The highest BCUT2D eigenvalue weighted by molar-refractivity contribution is 6.43. The molecule has 0 saturated heterocycles. The lowest BCUT2D eigenvalue weighted by atomic mass is 10.1. The average Bonchev–Trinajstić information content (AvgIpc) is 2.42. The van der Waals surface area contributed by atoms with Crippen LogP contribution in [0.3, 0.4) is 0 Å². The second-order valence-corrected chi connectivity index (χ2v) is 4.93. The van der Waals surface area contributed by atoms with Gasteiger partial charge in [-0.25, -0.2) is 4.98 Å². The van der Waals surface area contributed by atoms with Gasteiger partial charge < -0.3 is 9.47 Å². The van der Waals surface area contributed by atoms with Crippen LogP contribution in [0.25, 0.3) is 10.9 Å². The van der Waals surface area contributed by atoms with Crippen molar-refractivity contribution >= 4 is 34.1 Å². The Kier molecular flexibility index (Phi) is 4.07. The molecule has 0 saturated carbocycles. The molecular formula is C14H15Cl2NO2. The second kappa shape index (κ2) is 5.43. The van der Waals surface area contributed by atoms with Crippen LogP contribution in [-0.2, 0) is 6.42 Å². The van der Waals surface area contributed by atoms with Crippen LogP contribution in [0.15, 0.2) is 6.07 Å². The third kappa shape index (κ3) is 2.21. The summed E-state index contributed by atoms with van der Waals surface area (Å²) in [4.78, 5) is 4.61. The molecule has 0 aliphatic carbocycles. The number of fused-ring (bicyclic) bond motifs is 1. The molecule has 1 aromatic carbocycles. The Labute approximate surface area is 122 Å². The van der Waals surface area contributed by atoms with Crippen molar-refractivity contribution in [2.75, 3.05) is 14.2 Å². The zero-order chi connectivity index (χ0) is 14.2. The van der Waals surface area contributed by atoms with Gasteiger partial charge in [0.15, 0.2) is 0 Å². The Balaban J connectivity index is 2.97. The van der Waals surface area contributed by atoms with Crippen LogP contribution in [0.1, 0.15) is 18.2 Å². The SMILES string of the molecule is CCc1nc2c(OC)cc(OC)c(Cl)c2c(Cl)c1C. The number of rotatable bonds is 3. The summed E-state index contributed by atoms with van der Waals surface area (Å²) >= 11 is 12.8. The highest BCUT2D eigenvalue weighted by Crippen LogP contribution is 2.43. The zero-order valence-corrected chi connectivity index (χ0v) is 12.8. The highest BCUT2D eigenvalue weighted by Gasteiger charge is 2.19. The topological polar surface area (TPSA) is 31.4 Å². The molecule has 19 heavy (non-hydrogen) atoms. The fourth-order valence-electron chi connectivity index (χ4n) is 2.09. The van der Waals surface area contributed by atoms with E-state index >= 15 is 0 Å². The first-order chi connectivity index (χ1) is 9.04. The molecule has 0 aliphatic heterocycles. The minimum atomic E-state index is 0.460. The van der Waals surface area contributed by atoms with Gasteiger partial charge in [-0.1, -0.05) is 30.1 Å². The van der Waals surface area contributed by atoms with E-state index in [0.29, 0.717) is 32.4 Å². The van der Waals surface area contributed by atoms with Gasteiger partial charge in [0.25, 0.3) is 0 Å². The van der Waals surface area contributed by atoms with Gasteiger partial charge in [-0.15, -0.1) is 0 Å². The van der Waals surface area contributed by atoms with E-state index < -0.39 is 0 Å². The molecule has 0 spiro atoms. The summed E-state index contributed by atoms with van der Waals surface area (Å²) in [5.41, 5.74) is 2.55. The average molecular weight is 300 g/mol. The molecule has 0 unspecified atom stereocenters. The van der Waals surface area contributed by atoms with Crippen molar-refractivity contribution in [2.24, 2.45) is 0 Å². The molecular weight excluding hydrogens is 285 g/mol. The van der Waals surface area contributed by atoms with E-state index in [0.717, 1.165) is 17.7 Å². The van der Waals surface area contributed by atoms with Crippen molar-refractivity contribution < 1.29 is 9.47 Å². The Morgan fingerprint density at radius 1 is 1.11 bits per heavy atom. The predicted molar refractivity (Wildman–Crippen MR) is 79.0 cm³/mol. The number of pyridine rings is 1. The largest absolute Gasteiger partial charge is 0.495 e. The van der Waals surface area contributed by atoms with E-state index in [1.54, 1.807) is 20.3 Å². The molecule has 0 radical (unpaired) electrons. The number of aryl methyl sites for hydroxylation is 1. The lowest BCUT2D eigenvalue weighted by Gasteiger charge is -2.15. The monoisotopic (exact) mass is 299 g/mol. The first kappa shape index (κ1) is 14.2. The number of halogens is 2. The fourth-order valence-corrected chi connectivity index (χ4v) is 2.75. The summed E-state index contributed by atoms with van der Waals surface area (Å²) in [6.07, 6.45) is 0.800. The molecule has 102 valence electrons. The Bertz CT molecular complexity index is 641. The normalized spacial score (nSPS) is 10.8. The molecule has 3 nitrogen and oxygen atoms in total. The minimum Gasteiger partial charge on any atom is -0.495 e. The molecule has 0 atom stereocenters. The van der Waals surface area contributed by atoms with Crippen molar-refractivity contribution in [1.82, 2.24) is 4.98 Å². The van der Waals surface area contributed by atoms with Crippen LogP contribution in [0.2, 0.25) is 10.0 Å². The summed E-state index contributed by atoms with van der Waals surface area (Å²) in [7, 11) is 3.14. The molecule has 2 aromatic rings. The Morgan fingerprint density at radius 3 is 2.26 bits per heavy atom. The van der Waals surface area contributed by atoms with Crippen molar-refractivity contribution in [1.29, 1.82) is 0 Å². The van der Waals surface area contributed by atoms with Crippen LogP contribution in [-0.4, -0.2) is 19.2 Å². The number of benzene rings is 1. The Morgan fingerprint density at radius 2 is 1.74 bits per heavy atom. The van der Waals surface area contributed by atoms with Gasteiger partial charge in [0, 0.05) is 17.1 Å². The van der Waals surface area contributed by atoms with Crippen LogP contribution in [0, 0.1) is 6.92 Å². The summed E-state index contributed by atoms with van der Waals surface area (Å²) in [5.74, 6) is 1.13. The van der Waals surface area contributed by atoms with E-state index in [4.69, 9.17) is 32.7 Å². The van der Waals surface area contributed by atoms with Crippen LogP contribution >= 0.6 is 23.2 Å². The molecule has 5 heteroatoms. The van der Waals surface area contributed by atoms with E-state index in [9.17, 15) is 0 Å². The molecule has 2 rings (SSSR count). The van der Waals surface area contributed by atoms with Gasteiger partial charge in [-0.2, -0.15) is 0 Å². The molecule has 1 aromatic heterocycles. The molecule has 0 aliphatic rings. The quantitative estimate of drug-likeness (QED) is 0.840. The van der Waals surface area contributed by atoms with Crippen molar-refractivity contribution in [3.8, 4) is 11.5 Å². The maximum absolute atomic E-state index is 6.44. The fraction of sp³-hybridized carbons (Fsp3) is 0.357. The third-order valence-corrected chi connectivity index (χ3v) is 4.02. The number of methoxy groups -OCH3 is 2. The van der Waals surface area contributed by atoms with Crippen LogP contribution in [0.5, 0.6) is 11.5 Å². The van der Waals surface area contributed by atoms with Gasteiger partial charge in [0.2, 0.25) is 0 Å². The van der Waals surface area contributed by atoms with Gasteiger partial charge in [0.1, 0.15) is 17.0 Å². The summed E-state index contributed by atoms with van der Waals surface area (Å²) in [6.45, 7) is 3.98. The second-order valence-electron chi connectivity index (χ2n) is 4.17. The summed E-state index contributed by atoms with van der Waals surface area (Å²) in [5, 5.41) is 1.74. The van der Waals surface area contributed by atoms with Gasteiger partial charge in [0.05, 0.1) is 24.3 Å². The van der Waals surface area contributed by atoms with Gasteiger partial charge >= 0.3 is 0 Å². The van der Waals surface area contributed by atoms with Gasteiger partial charge in [-0.3, -0.25) is 0 Å². The molecule has 0 amide bonds. The molecule has 0 bridgehead atoms. The number of ether oxygens (including phenoxy) is 2. The van der Waals surface area contributed by atoms with Crippen molar-refractivity contribution in [3.63, 3.8) is 0 Å². The first-order valence-corrected chi connectivity index (χ1v) is 6.69. The number of aromatic nitrogens is 1. The third-order valence-electron chi connectivity index (χ3n) is 3.17. The highest BCUT2D eigenvalue weighted by atomic mass is 35.5. The lowest BCUT2D eigenvalue weighted by molar-refractivity contribution is 0.397. The number of nitrogens with zero attached hydrogens (tertiary/aromatic N) is 1. The van der Waals surface area contributed by atoms with Crippen molar-refractivity contribution in [3.05, 3.63) is 27.4 Å². The zero-order valence-electron chi connectivity index (χ0n) is 11.3. The van der Waals surface area contributed by atoms with E-state index in [1.165, 1.54) is 0 Å². The van der Waals surface area contributed by atoms with E-state index in [2.05, 4.69) is 4.98 Å². The standard InChI is InChI=1S/C14H15Cl2NO2/c1-5-8-7(2)12(15)11-13(16)9(18-3)6-10(19-4)14(11)17-8/h6H,5H2,1-4H3. The maximum Gasteiger partial charge on any atom is 0.148 e. The van der Waals surface area contributed by atoms with Crippen LogP contribution < -0.4 is 9.47 Å². The first-order valence-electron chi connectivity index (χ1n) is 5.94. The summed E-state index contributed by atoms with van der Waals surface area (Å²) < 4.78 is 10.6. The summed E-state index contributed by atoms with van der Waals surface area (Å²) in [6, 6.07) is 1.72. The smallest absolute Gasteiger partial charge is 0.148 e. The van der Waals surface area contributed by atoms with E-state index in [1.807, 2.05) is 13.8 Å².